The largest absolute Gasteiger partial charge is 0.355 e. The summed E-state index contributed by atoms with van der Waals surface area (Å²) in [5.41, 5.74) is 1.60. The molecular formula is C15H24N4O2. The molecule has 1 N–H and O–H groups in total. The molecule has 0 spiro atoms. The number of nitrogens with one attached hydrogen (secondary N) is 1. The Morgan fingerprint density at radius 3 is 2.81 bits per heavy atom. The average Bonchev–Trinajstić information content (AvgIpc) is 2.39. The van der Waals surface area contributed by atoms with E-state index in [1.165, 1.54) is 11.1 Å². The number of hydrogen-bond acceptors (Lipinski definition) is 4. The standard InChI is InChI=1S/C15H24N4O2/c1-3-6-16-14(20)11-19-15(21)10-12(2)13(17-19)5-9-18-7-4-8-18/h10H,3-9,11H2,1-2H3,(H,16,20). The molecule has 1 saturated heterocycles. The number of rotatable bonds is 7. The SMILES string of the molecule is CCCNC(=O)Cn1nc(CCN2CCC2)c(C)cc1=O. The van der Waals surface area contributed by atoms with Crippen LogP contribution in [0.4, 0.5) is 0 Å². The van der Waals surface area contributed by atoms with Crippen molar-refractivity contribution in [2.75, 3.05) is 26.2 Å². The molecule has 21 heavy (non-hydrogen) atoms. The fraction of sp³-hybridized carbons (Fsp3) is 0.667. The molecular weight excluding hydrogens is 268 g/mol. The minimum absolute atomic E-state index is 0.00414. The highest BCUT2D eigenvalue weighted by Gasteiger charge is 2.15. The van der Waals surface area contributed by atoms with Gasteiger partial charge < -0.3 is 10.2 Å². The van der Waals surface area contributed by atoms with Gasteiger partial charge in [0.2, 0.25) is 5.91 Å². The number of carbonyl (C=O) groups excluding carboxylic acids is 1. The predicted molar refractivity (Wildman–Crippen MR) is 81.3 cm³/mol. The first-order valence-corrected chi connectivity index (χ1v) is 7.67. The molecule has 6 heteroatoms. The van der Waals surface area contributed by atoms with Crippen LogP contribution in [0.1, 0.15) is 31.0 Å². The van der Waals surface area contributed by atoms with Crippen molar-refractivity contribution in [3.8, 4) is 0 Å². The van der Waals surface area contributed by atoms with Gasteiger partial charge >= 0.3 is 0 Å². The van der Waals surface area contributed by atoms with Crippen molar-refractivity contribution in [2.24, 2.45) is 0 Å². The number of carbonyl (C=O) groups is 1. The Morgan fingerprint density at radius 2 is 2.19 bits per heavy atom. The quantitative estimate of drug-likeness (QED) is 0.786. The maximum Gasteiger partial charge on any atom is 0.267 e. The summed E-state index contributed by atoms with van der Waals surface area (Å²) in [4.78, 5) is 26.0. The molecule has 0 aromatic carbocycles. The van der Waals surface area contributed by atoms with Crippen LogP contribution in [0.25, 0.3) is 0 Å². The van der Waals surface area contributed by atoms with Crippen LogP contribution in [0.5, 0.6) is 0 Å². The zero-order valence-electron chi connectivity index (χ0n) is 12.9. The van der Waals surface area contributed by atoms with Gasteiger partial charge in [0.1, 0.15) is 6.54 Å². The molecule has 1 aromatic heterocycles. The van der Waals surface area contributed by atoms with Crippen LogP contribution < -0.4 is 10.9 Å². The lowest BCUT2D eigenvalue weighted by atomic mass is 10.1. The number of aromatic nitrogens is 2. The Kier molecular flexibility index (Phi) is 5.50. The highest BCUT2D eigenvalue weighted by molar-refractivity contribution is 5.75. The second-order valence-corrected chi connectivity index (χ2v) is 5.57. The first-order chi connectivity index (χ1) is 10.1. The lowest BCUT2D eigenvalue weighted by Gasteiger charge is -2.30. The summed E-state index contributed by atoms with van der Waals surface area (Å²) >= 11 is 0. The molecule has 0 radical (unpaired) electrons. The maximum absolute atomic E-state index is 11.9. The summed E-state index contributed by atoms with van der Waals surface area (Å²) in [6, 6.07) is 1.57. The van der Waals surface area contributed by atoms with Gasteiger partial charge in [-0.05, 0) is 38.4 Å². The van der Waals surface area contributed by atoms with Crippen LogP contribution in [0.15, 0.2) is 10.9 Å². The van der Waals surface area contributed by atoms with Crippen molar-refractivity contribution in [3.63, 3.8) is 0 Å². The number of hydrogen-bond donors (Lipinski definition) is 1. The van der Waals surface area contributed by atoms with E-state index in [1.54, 1.807) is 6.07 Å². The molecule has 0 saturated carbocycles. The van der Waals surface area contributed by atoms with Crippen LogP contribution in [0.2, 0.25) is 0 Å². The third kappa shape index (κ3) is 4.39. The third-order valence-electron chi connectivity index (χ3n) is 3.77. The van der Waals surface area contributed by atoms with Crippen molar-refractivity contribution in [2.45, 2.75) is 39.7 Å². The van der Waals surface area contributed by atoms with Crippen molar-refractivity contribution < 1.29 is 4.79 Å². The topological polar surface area (TPSA) is 67.2 Å². The van der Waals surface area contributed by atoms with E-state index in [9.17, 15) is 9.59 Å². The second-order valence-electron chi connectivity index (χ2n) is 5.57. The zero-order chi connectivity index (χ0) is 15.2. The number of nitrogens with zero attached hydrogens (tertiary/aromatic N) is 3. The van der Waals surface area contributed by atoms with Gasteiger partial charge in [-0.25, -0.2) is 4.68 Å². The highest BCUT2D eigenvalue weighted by Crippen LogP contribution is 2.08. The fourth-order valence-electron chi connectivity index (χ4n) is 2.30. The molecule has 0 atom stereocenters. The van der Waals surface area contributed by atoms with Gasteiger partial charge in [-0.1, -0.05) is 6.92 Å². The van der Waals surface area contributed by atoms with Gasteiger partial charge in [0.25, 0.3) is 5.56 Å². The summed E-state index contributed by atoms with van der Waals surface area (Å²) < 4.78 is 1.27. The summed E-state index contributed by atoms with van der Waals surface area (Å²) in [7, 11) is 0. The number of likely N-dealkylation sites (tertiary alicyclic amines) is 1. The predicted octanol–water partition coefficient (Wildman–Crippen LogP) is 0.326. The molecule has 0 bridgehead atoms. The second kappa shape index (κ2) is 7.36. The monoisotopic (exact) mass is 292 g/mol. The van der Waals surface area contributed by atoms with Gasteiger partial charge in [0.15, 0.2) is 0 Å². The minimum Gasteiger partial charge on any atom is -0.355 e. The van der Waals surface area contributed by atoms with Gasteiger partial charge in [-0.2, -0.15) is 5.10 Å². The smallest absolute Gasteiger partial charge is 0.267 e. The molecule has 2 heterocycles. The van der Waals surface area contributed by atoms with E-state index in [0.29, 0.717) is 6.54 Å². The molecule has 6 nitrogen and oxygen atoms in total. The Balaban J connectivity index is 2.02. The van der Waals surface area contributed by atoms with E-state index in [1.807, 2.05) is 13.8 Å². The fourth-order valence-corrected chi connectivity index (χ4v) is 2.30. The minimum atomic E-state index is -0.216. The van der Waals surface area contributed by atoms with Crippen LogP contribution in [0.3, 0.4) is 0 Å². The van der Waals surface area contributed by atoms with Crippen LogP contribution >= 0.6 is 0 Å². The molecule has 0 unspecified atom stereocenters. The molecule has 116 valence electrons. The lowest BCUT2D eigenvalue weighted by molar-refractivity contribution is -0.121. The molecule has 1 aliphatic heterocycles. The van der Waals surface area contributed by atoms with Gasteiger partial charge in [0, 0.05) is 25.6 Å². The van der Waals surface area contributed by atoms with Crippen LogP contribution in [0, 0.1) is 6.92 Å². The Morgan fingerprint density at radius 1 is 1.43 bits per heavy atom. The number of aryl methyl sites for hydroxylation is 1. The van der Waals surface area contributed by atoms with Crippen molar-refractivity contribution >= 4 is 5.91 Å². The van der Waals surface area contributed by atoms with Gasteiger partial charge in [0.05, 0.1) is 5.69 Å². The van der Waals surface area contributed by atoms with E-state index in [4.69, 9.17) is 0 Å². The van der Waals surface area contributed by atoms with Crippen molar-refractivity contribution in [3.05, 3.63) is 27.7 Å². The highest BCUT2D eigenvalue weighted by atomic mass is 16.2. The summed E-state index contributed by atoms with van der Waals surface area (Å²) in [6.07, 6.45) is 2.97. The first kappa shape index (κ1) is 15.7. The molecule has 0 aliphatic carbocycles. The summed E-state index contributed by atoms with van der Waals surface area (Å²) in [6.45, 7) is 7.78. The molecule has 1 amide bonds. The molecule has 1 aliphatic rings. The van der Waals surface area contributed by atoms with Crippen molar-refractivity contribution in [1.82, 2.24) is 20.0 Å². The van der Waals surface area contributed by atoms with Crippen LogP contribution in [-0.4, -0.2) is 46.8 Å². The van der Waals surface area contributed by atoms with E-state index < -0.39 is 0 Å². The molecule has 1 fully saturated rings. The Hall–Kier alpha value is -1.69. The maximum atomic E-state index is 11.9. The van der Waals surface area contributed by atoms with E-state index in [0.717, 1.165) is 43.7 Å². The number of amides is 1. The Bertz CT molecular complexity index is 549. The van der Waals surface area contributed by atoms with Crippen LogP contribution in [-0.2, 0) is 17.8 Å². The molecule has 2 rings (SSSR count). The van der Waals surface area contributed by atoms with Gasteiger partial charge in [-0.3, -0.25) is 9.59 Å². The summed E-state index contributed by atoms with van der Waals surface area (Å²) in [5.74, 6) is -0.163. The normalized spacial score (nSPS) is 14.8. The molecule has 1 aromatic rings. The van der Waals surface area contributed by atoms with Crippen molar-refractivity contribution in [1.29, 1.82) is 0 Å². The van der Waals surface area contributed by atoms with Gasteiger partial charge in [-0.15, -0.1) is 0 Å². The van der Waals surface area contributed by atoms with E-state index in [2.05, 4.69) is 15.3 Å². The average molecular weight is 292 g/mol. The van der Waals surface area contributed by atoms with E-state index in [-0.39, 0.29) is 18.0 Å². The zero-order valence-corrected chi connectivity index (χ0v) is 12.9. The van der Waals surface area contributed by atoms with E-state index >= 15 is 0 Å². The third-order valence-corrected chi connectivity index (χ3v) is 3.77. The lowest BCUT2D eigenvalue weighted by Crippen LogP contribution is -2.39. The Labute approximate surface area is 125 Å². The first-order valence-electron chi connectivity index (χ1n) is 7.67. The summed E-state index contributed by atoms with van der Waals surface area (Å²) in [5, 5.41) is 7.13.